The number of aldehydes is 1. The third-order valence-electron chi connectivity index (χ3n) is 3.03. The molecule has 12 heavy (non-hydrogen) atoms. The summed E-state index contributed by atoms with van der Waals surface area (Å²) in [7, 11) is 0. The Balaban J connectivity index is 1.97. The van der Waals surface area contributed by atoms with Crippen molar-refractivity contribution >= 4 is 12.1 Å². The molecule has 0 amide bonds. The van der Waals surface area contributed by atoms with Gasteiger partial charge < -0.3 is 9.69 Å². The molecule has 3 atom stereocenters. The highest BCUT2D eigenvalue weighted by molar-refractivity contribution is 5.92. The summed E-state index contributed by atoms with van der Waals surface area (Å²) in [6.07, 6.45) is 1.99. The number of hydrogen-bond acceptors (Lipinski definition) is 3. The molecule has 2 aliphatic rings. The molecule has 0 aromatic carbocycles. The smallest absolute Gasteiger partial charge is 0.144 e. The van der Waals surface area contributed by atoms with E-state index in [0.717, 1.165) is 32.3 Å². The molecule has 0 saturated carbocycles. The van der Waals surface area contributed by atoms with Crippen LogP contribution < -0.4 is 0 Å². The molecule has 66 valence electrons. The van der Waals surface area contributed by atoms with E-state index >= 15 is 0 Å². The number of Topliss-reactive ketones (excluding diaryl/α,β-unsaturated/α-hetero) is 1. The molecule has 2 heterocycles. The maximum atomic E-state index is 11.4. The van der Waals surface area contributed by atoms with Crippen molar-refractivity contribution < 1.29 is 9.59 Å². The van der Waals surface area contributed by atoms with Gasteiger partial charge in [-0.15, -0.1) is 0 Å². The Labute approximate surface area is 71.7 Å². The lowest BCUT2D eigenvalue weighted by atomic mass is 9.88. The molecular weight excluding hydrogens is 154 g/mol. The zero-order chi connectivity index (χ0) is 8.55. The van der Waals surface area contributed by atoms with Crippen LogP contribution in [0.2, 0.25) is 0 Å². The normalized spacial score (nSPS) is 38.5. The molecule has 0 aromatic heterocycles. The largest absolute Gasteiger partial charge is 0.303 e. The Bertz CT molecular complexity index is 215. The molecular formula is C9H13NO2. The third kappa shape index (κ3) is 1.18. The Morgan fingerprint density at radius 2 is 2.33 bits per heavy atom. The van der Waals surface area contributed by atoms with Crippen LogP contribution in [-0.4, -0.2) is 36.6 Å². The van der Waals surface area contributed by atoms with E-state index in [1.165, 1.54) is 0 Å². The summed E-state index contributed by atoms with van der Waals surface area (Å²) in [5, 5.41) is 0. The van der Waals surface area contributed by atoms with Crippen molar-refractivity contribution in [3.05, 3.63) is 0 Å². The first-order valence-electron chi connectivity index (χ1n) is 4.50. The number of rotatable bonds is 3. The van der Waals surface area contributed by atoms with Gasteiger partial charge in [0.15, 0.2) is 0 Å². The van der Waals surface area contributed by atoms with Gasteiger partial charge in [-0.05, 0) is 18.9 Å². The molecule has 0 aliphatic carbocycles. The standard InChI is InChI=1S/C9H13NO2/c11-4-2-9(12)8-6-10-3-1-7(8)5-10/h4,7-8H,1-3,5-6H2. The molecule has 3 heteroatoms. The number of hydrogen-bond donors (Lipinski definition) is 0. The number of carbonyl (C=O) groups is 2. The van der Waals surface area contributed by atoms with Gasteiger partial charge in [0.1, 0.15) is 12.1 Å². The van der Waals surface area contributed by atoms with E-state index in [1.54, 1.807) is 0 Å². The maximum Gasteiger partial charge on any atom is 0.144 e. The Morgan fingerprint density at radius 3 is 2.83 bits per heavy atom. The zero-order valence-electron chi connectivity index (χ0n) is 7.03. The van der Waals surface area contributed by atoms with Crippen LogP contribution in [0.3, 0.4) is 0 Å². The Kier molecular flexibility index (Phi) is 1.97. The van der Waals surface area contributed by atoms with Crippen molar-refractivity contribution in [1.29, 1.82) is 0 Å². The minimum absolute atomic E-state index is 0.120. The minimum atomic E-state index is 0.120. The molecule has 0 spiro atoms. The molecule has 2 aliphatic heterocycles. The molecule has 3 nitrogen and oxygen atoms in total. The number of nitrogens with zero attached hydrogens (tertiary/aromatic N) is 1. The van der Waals surface area contributed by atoms with Gasteiger partial charge in [-0.2, -0.15) is 0 Å². The van der Waals surface area contributed by atoms with Gasteiger partial charge >= 0.3 is 0 Å². The molecule has 3 unspecified atom stereocenters. The van der Waals surface area contributed by atoms with E-state index in [-0.39, 0.29) is 18.1 Å². The summed E-state index contributed by atoms with van der Waals surface area (Å²) in [4.78, 5) is 23.8. The highest BCUT2D eigenvalue weighted by Gasteiger charge is 2.41. The summed E-state index contributed by atoms with van der Waals surface area (Å²) < 4.78 is 0. The van der Waals surface area contributed by atoms with Crippen molar-refractivity contribution in [2.24, 2.45) is 11.8 Å². The van der Waals surface area contributed by atoms with Crippen molar-refractivity contribution in [2.45, 2.75) is 12.8 Å². The van der Waals surface area contributed by atoms with E-state index < -0.39 is 0 Å². The highest BCUT2D eigenvalue weighted by Crippen LogP contribution is 2.33. The van der Waals surface area contributed by atoms with Gasteiger partial charge in [0.2, 0.25) is 0 Å². The fraction of sp³-hybridized carbons (Fsp3) is 0.778. The quantitative estimate of drug-likeness (QED) is 0.442. The Morgan fingerprint density at radius 1 is 1.50 bits per heavy atom. The number of piperidine rings is 1. The first-order chi connectivity index (χ1) is 5.81. The van der Waals surface area contributed by atoms with Gasteiger partial charge in [-0.1, -0.05) is 0 Å². The van der Waals surface area contributed by atoms with Crippen LogP contribution >= 0.6 is 0 Å². The SMILES string of the molecule is O=CCC(=O)C1CN2CCC1C2. The van der Waals surface area contributed by atoms with Gasteiger partial charge in [-0.25, -0.2) is 0 Å². The molecule has 0 N–H and O–H groups in total. The first kappa shape index (κ1) is 7.92. The summed E-state index contributed by atoms with van der Waals surface area (Å²) in [5.74, 6) is 0.874. The third-order valence-corrected chi connectivity index (χ3v) is 3.03. The average molecular weight is 167 g/mol. The average Bonchev–Trinajstić information content (AvgIpc) is 2.64. The van der Waals surface area contributed by atoms with E-state index in [4.69, 9.17) is 0 Å². The van der Waals surface area contributed by atoms with Crippen molar-refractivity contribution in [3.8, 4) is 0 Å². The monoisotopic (exact) mass is 167 g/mol. The lowest BCUT2D eigenvalue weighted by Gasteiger charge is -2.19. The fourth-order valence-corrected chi connectivity index (χ4v) is 2.38. The number of fused-ring (bicyclic) bond motifs is 2. The van der Waals surface area contributed by atoms with Crippen LogP contribution in [0.5, 0.6) is 0 Å². The summed E-state index contributed by atoms with van der Waals surface area (Å²) >= 11 is 0. The lowest BCUT2D eigenvalue weighted by Crippen LogP contribution is -2.29. The van der Waals surface area contributed by atoms with E-state index in [1.807, 2.05) is 0 Å². The Hall–Kier alpha value is -0.700. The maximum absolute atomic E-state index is 11.4. The molecule has 2 rings (SSSR count). The summed E-state index contributed by atoms with van der Waals surface area (Å²) in [6, 6.07) is 0. The van der Waals surface area contributed by atoms with Crippen LogP contribution in [0, 0.1) is 11.8 Å². The van der Waals surface area contributed by atoms with Crippen LogP contribution in [0.1, 0.15) is 12.8 Å². The van der Waals surface area contributed by atoms with Crippen LogP contribution in [0.4, 0.5) is 0 Å². The van der Waals surface area contributed by atoms with E-state index in [0.29, 0.717) is 5.92 Å². The van der Waals surface area contributed by atoms with Crippen LogP contribution in [0.25, 0.3) is 0 Å². The molecule has 2 saturated heterocycles. The second-order valence-electron chi connectivity index (χ2n) is 3.75. The van der Waals surface area contributed by atoms with Gasteiger partial charge in [-0.3, -0.25) is 4.79 Å². The predicted molar refractivity (Wildman–Crippen MR) is 43.7 cm³/mol. The molecule has 0 radical (unpaired) electrons. The fourth-order valence-electron chi connectivity index (χ4n) is 2.38. The summed E-state index contributed by atoms with van der Waals surface area (Å²) in [5.41, 5.74) is 0. The first-order valence-corrected chi connectivity index (χ1v) is 4.50. The molecule has 2 fully saturated rings. The van der Waals surface area contributed by atoms with Crippen molar-refractivity contribution in [1.82, 2.24) is 4.90 Å². The second-order valence-corrected chi connectivity index (χ2v) is 3.75. The van der Waals surface area contributed by atoms with Gasteiger partial charge in [0.05, 0.1) is 6.42 Å². The second kappa shape index (κ2) is 2.98. The van der Waals surface area contributed by atoms with Gasteiger partial charge in [0, 0.05) is 19.0 Å². The summed E-state index contributed by atoms with van der Waals surface area (Å²) in [6.45, 7) is 3.13. The number of ketones is 1. The lowest BCUT2D eigenvalue weighted by molar-refractivity contribution is -0.126. The molecule has 2 bridgehead atoms. The van der Waals surface area contributed by atoms with E-state index in [9.17, 15) is 9.59 Å². The molecule has 0 aromatic rings. The minimum Gasteiger partial charge on any atom is -0.303 e. The van der Waals surface area contributed by atoms with Crippen molar-refractivity contribution in [2.75, 3.05) is 19.6 Å². The number of carbonyl (C=O) groups excluding carboxylic acids is 2. The van der Waals surface area contributed by atoms with E-state index in [2.05, 4.69) is 4.90 Å². The van der Waals surface area contributed by atoms with Crippen LogP contribution in [0.15, 0.2) is 0 Å². The topological polar surface area (TPSA) is 37.4 Å². The van der Waals surface area contributed by atoms with Crippen LogP contribution in [-0.2, 0) is 9.59 Å². The zero-order valence-corrected chi connectivity index (χ0v) is 7.03. The predicted octanol–water partition coefficient (Wildman–Crippen LogP) is 0.0962. The highest BCUT2D eigenvalue weighted by atomic mass is 16.1. The van der Waals surface area contributed by atoms with Gasteiger partial charge in [0.25, 0.3) is 0 Å². The van der Waals surface area contributed by atoms with Crippen molar-refractivity contribution in [3.63, 3.8) is 0 Å².